The molecule has 1 aromatic carbocycles. The number of benzene rings is 1. The Bertz CT molecular complexity index is 608. The Hall–Kier alpha value is -2.14. The maximum Gasteiger partial charge on any atom is 0.129 e. The molecule has 1 aromatic heterocycles. The molecule has 3 rings (SSSR count). The molecule has 2 aromatic rings. The summed E-state index contributed by atoms with van der Waals surface area (Å²) >= 11 is 0. The minimum Gasteiger partial charge on any atom is -0.497 e. The first kappa shape index (κ1) is 14.8. The molecule has 1 saturated carbocycles. The molecule has 1 aliphatic carbocycles. The number of nitrogens with zero attached hydrogens (tertiary/aromatic N) is 2. The van der Waals surface area contributed by atoms with Gasteiger partial charge in [0.25, 0.3) is 0 Å². The maximum atomic E-state index is 5.84. The molecular formula is C17H22N4O. The third-order valence-corrected chi connectivity index (χ3v) is 4.16. The van der Waals surface area contributed by atoms with Crippen molar-refractivity contribution in [3.05, 3.63) is 47.9 Å². The summed E-state index contributed by atoms with van der Waals surface area (Å²) < 4.78 is 5.16. The lowest BCUT2D eigenvalue weighted by Gasteiger charge is -2.31. The molecule has 3 N–H and O–H groups in total. The molecule has 0 saturated heterocycles. The van der Waals surface area contributed by atoms with Crippen LogP contribution in [0.1, 0.15) is 30.0 Å². The van der Waals surface area contributed by atoms with E-state index in [1.54, 1.807) is 13.4 Å². The van der Waals surface area contributed by atoms with Crippen molar-refractivity contribution in [1.82, 2.24) is 9.97 Å². The molecule has 0 amide bonds. The first-order valence-corrected chi connectivity index (χ1v) is 7.69. The molecule has 0 aliphatic heterocycles. The van der Waals surface area contributed by atoms with Gasteiger partial charge >= 0.3 is 0 Å². The molecule has 1 heterocycles. The lowest BCUT2D eigenvalue weighted by Crippen LogP contribution is -2.35. The van der Waals surface area contributed by atoms with E-state index in [4.69, 9.17) is 10.5 Å². The van der Waals surface area contributed by atoms with Gasteiger partial charge in [-0.1, -0.05) is 12.1 Å². The van der Waals surface area contributed by atoms with Crippen molar-refractivity contribution in [3.8, 4) is 5.75 Å². The second-order valence-corrected chi connectivity index (χ2v) is 5.78. The highest BCUT2D eigenvalue weighted by molar-refractivity contribution is 5.37. The Morgan fingerprint density at radius 1 is 1.23 bits per heavy atom. The second kappa shape index (κ2) is 6.75. The van der Waals surface area contributed by atoms with Gasteiger partial charge in [-0.05, 0) is 37.0 Å². The van der Waals surface area contributed by atoms with Gasteiger partial charge in [-0.2, -0.15) is 0 Å². The standard InChI is InChI=1S/C17H22N4O/c1-22-15-4-2-12(3-5-15)6-7-19-17-10-16(20-11-21-17)13-8-14(18)9-13/h2-5,10-11,13-14H,6-9,18H2,1H3,(H,19,20,21). The van der Waals surface area contributed by atoms with Crippen molar-refractivity contribution < 1.29 is 4.74 Å². The fraction of sp³-hybridized carbons (Fsp3) is 0.412. The van der Waals surface area contributed by atoms with E-state index in [9.17, 15) is 0 Å². The van der Waals surface area contributed by atoms with Crippen LogP contribution in [0.5, 0.6) is 5.75 Å². The summed E-state index contributed by atoms with van der Waals surface area (Å²) in [5, 5.41) is 3.36. The normalized spacial score (nSPS) is 20.3. The highest BCUT2D eigenvalue weighted by Gasteiger charge is 2.28. The molecule has 22 heavy (non-hydrogen) atoms. The van der Waals surface area contributed by atoms with E-state index >= 15 is 0 Å². The van der Waals surface area contributed by atoms with Gasteiger partial charge in [-0.15, -0.1) is 0 Å². The minimum absolute atomic E-state index is 0.339. The average molecular weight is 298 g/mol. The molecule has 1 fully saturated rings. The number of nitrogens with two attached hydrogens (primary N) is 1. The van der Waals surface area contributed by atoms with Crippen LogP contribution in [0.15, 0.2) is 36.7 Å². The van der Waals surface area contributed by atoms with Crippen LogP contribution < -0.4 is 15.8 Å². The Morgan fingerprint density at radius 2 is 2.00 bits per heavy atom. The van der Waals surface area contributed by atoms with Crippen molar-refractivity contribution in [1.29, 1.82) is 0 Å². The zero-order valence-electron chi connectivity index (χ0n) is 12.8. The molecule has 0 atom stereocenters. The highest BCUT2D eigenvalue weighted by atomic mass is 16.5. The first-order chi connectivity index (χ1) is 10.7. The highest BCUT2D eigenvalue weighted by Crippen LogP contribution is 2.34. The predicted molar refractivity (Wildman–Crippen MR) is 87.2 cm³/mol. The number of rotatable bonds is 6. The number of hydrogen-bond acceptors (Lipinski definition) is 5. The predicted octanol–water partition coefficient (Wildman–Crippen LogP) is 2.34. The largest absolute Gasteiger partial charge is 0.497 e. The van der Waals surface area contributed by atoms with Gasteiger partial charge in [0.05, 0.1) is 7.11 Å². The van der Waals surface area contributed by atoms with E-state index in [1.165, 1.54) is 5.56 Å². The third-order valence-electron chi connectivity index (χ3n) is 4.16. The van der Waals surface area contributed by atoms with Crippen molar-refractivity contribution >= 4 is 5.82 Å². The first-order valence-electron chi connectivity index (χ1n) is 7.69. The van der Waals surface area contributed by atoms with Crippen LogP contribution in [0.4, 0.5) is 5.82 Å². The Balaban J connectivity index is 1.51. The topological polar surface area (TPSA) is 73.1 Å². The molecule has 5 nitrogen and oxygen atoms in total. The summed E-state index contributed by atoms with van der Waals surface area (Å²) in [6.07, 6.45) is 4.64. The molecule has 116 valence electrons. The zero-order chi connectivity index (χ0) is 15.4. The van der Waals surface area contributed by atoms with E-state index in [0.717, 1.165) is 43.1 Å². The summed E-state index contributed by atoms with van der Waals surface area (Å²) in [7, 11) is 1.68. The number of ether oxygens (including phenoxy) is 1. The summed E-state index contributed by atoms with van der Waals surface area (Å²) in [6.45, 7) is 0.840. The molecule has 1 aliphatic rings. The van der Waals surface area contributed by atoms with Crippen LogP contribution in [0.25, 0.3) is 0 Å². The molecule has 0 radical (unpaired) electrons. The Labute approximate surface area is 130 Å². The molecule has 0 unspecified atom stereocenters. The van der Waals surface area contributed by atoms with E-state index in [2.05, 4.69) is 27.4 Å². The molecule has 0 spiro atoms. The zero-order valence-corrected chi connectivity index (χ0v) is 12.8. The van der Waals surface area contributed by atoms with Crippen LogP contribution in [-0.4, -0.2) is 29.7 Å². The van der Waals surface area contributed by atoms with E-state index in [-0.39, 0.29) is 0 Å². The second-order valence-electron chi connectivity index (χ2n) is 5.78. The summed E-state index contributed by atoms with van der Waals surface area (Å²) in [5.74, 6) is 2.27. The van der Waals surface area contributed by atoms with Crippen molar-refractivity contribution in [2.24, 2.45) is 5.73 Å². The van der Waals surface area contributed by atoms with Crippen LogP contribution in [0, 0.1) is 0 Å². The average Bonchev–Trinajstić information content (AvgIpc) is 2.53. The van der Waals surface area contributed by atoms with Crippen LogP contribution >= 0.6 is 0 Å². The number of hydrogen-bond donors (Lipinski definition) is 2. The SMILES string of the molecule is COc1ccc(CCNc2cc(C3CC(N)C3)ncn2)cc1. The number of anilines is 1. The van der Waals surface area contributed by atoms with Crippen LogP contribution in [0.3, 0.4) is 0 Å². The molecular weight excluding hydrogens is 276 g/mol. The van der Waals surface area contributed by atoms with Crippen LogP contribution in [-0.2, 0) is 6.42 Å². The fourth-order valence-electron chi connectivity index (χ4n) is 2.72. The quantitative estimate of drug-likeness (QED) is 0.856. The van der Waals surface area contributed by atoms with Gasteiger partial charge in [-0.3, -0.25) is 0 Å². The number of nitrogens with one attached hydrogen (secondary N) is 1. The van der Waals surface area contributed by atoms with Gasteiger partial charge < -0.3 is 15.8 Å². The smallest absolute Gasteiger partial charge is 0.129 e. The lowest BCUT2D eigenvalue weighted by atomic mass is 9.79. The van der Waals surface area contributed by atoms with Crippen molar-refractivity contribution in [2.45, 2.75) is 31.2 Å². The lowest BCUT2D eigenvalue weighted by molar-refractivity contribution is 0.345. The van der Waals surface area contributed by atoms with Gasteiger partial charge in [-0.25, -0.2) is 9.97 Å². The molecule has 5 heteroatoms. The van der Waals surface area contributed by atoms with Gasteiger partial charge in [0.15, 0.2) is 0 Å². The molecule has 0 bridgehead atoms. The van der Waals surface area contributed by atoms with Gasteiger partial charge in [0, 0.05) is 30.3 Å². The van der Waals surface area contributed by atoms with E-state index in [1.807, 2.05) is 18.2 Å². The summed E-state index contributed by atoms with van der Waals surface area (Å²) in [6, 6.07) is 10.5. The maximum absolute atomic E-state index is 5.84. The number of aromatic nitrogens is 2. The fourth-order valence-corrected chi connectivity index (χ4v) is 2.72. The Morgan fingerprint density at radius 3 is 2.68 bits per heavy atom. The summed E-state index contributed by atoms with van der Waals surface area (Å²) in [4.78, 5) is 8.64. The van der Waals surface area contributed by atoms with E-state index in [0.29, 0.717) is 12.0 Å². The van der Waals surface area contributed by atoms with Crippen molar-refractivity contribution in [3.63, 3.8) is 0 Å². The number of methoxy groups -OCH3 is 1. The van der Waals surface area contributed by atoms with E-state index < -0.39 is 0 Å². The van der Waals surface area contributed by atoms with Crippen LogP contribution in [0.2, 0.25) is 0 Å². The third kappa shape index (κ3) is 3.54. The minimum atomic E-state index is 0.339. The Kier molecular flexibility index (Phi) is 4.53. The van der Waals surface area contributed by atoms with Gasteiger partial charge in [0.2, 0.25) is 0 Å². The summed E-state index contributed by atoms with van der Waals surface area (Å²) in [5.41, 5.74) is 8.21. The van der Waals surface area contributed by atoms with Gasteiger partial charge in [0.1, 0.15) is 17.9 Å². The monoisotopic (exact) mass is 298 g/mol. The van der Waals surface area contributed by atoms with Crippen molar-refractivity contribution in [2.75, 3.05) is 19.0 Å².